The van der Waals surface area contributed by atoms with E-state index in [1.165, 1.54) is 5.56 Å². The second-order valence-corrected chi connectivity index (χ2v) is 6.75. The van der Waals surface area contributed by atoms with Crippen LogP contribution in [0, 0.1) is 0 Å². The van der Waals surface area contributed by atoms with Crippen LogP contribution >= 0.6 is 12.4 Å². The lowest BCUT2D eigenvalue weighted by Crippen LogP contribution is -2.34. The number of nitrogens with one attached hydrogen (secondary N) is 3. The Morgan fingerprint density at radius 3 is 2.88 bits per heavy atom. The van der Waals surface area contributed by atoms with Gasteiger partial charge >= 0.3 is 0 Å². The fourth-order valence-corrected chi connectivity index (χ4v) is 3.14. The predicted molar refractivity (Wildman–Crippen MR) is 106 cm³/mol. The maximum Gasteiger partial charge on any atom is 0.272 e. The largest absolute Gasteiger partial charge is 0.351 e. The zero-order valence-corrected chi connectivity index (χ0v) is 16.2. The topological polar surface area (TPSA) is 73.0 Å². The van der Waals surface area contributed by atoms with E-state index in [-0.39, 0.29) is 18.3 Å². The Labute approximate surface area is 161 Å². The van der Waals surface area contributed by atoms with Crippen LogP contribution in [0.15, 0.2) is 30.3 Å². The Morgan fingerprint density at radius 1 is 1.35 bits per heavy atom. The molecule has 7 heteroatoms. The smallest absolute Gasteiger partial charge is 0.272 e. The number of benzene rings is 1. The molecule has 6 nitrogen and oxygen atoms in total. The van der Waals surface area contributed by atoms with Crippen LogP contribution in [-0.2, 0) is 19.5 Å². The number of nitrogens with zero attached hydrogens (tertiary/aromatic N) is 2. The molecule has 0 spiro atoms. The Kier molecular flexibility index (Phi) is 7.63. The Morgan fingerprint density at radius 2 is 2.12 bits per heavy atom. The third-order valence-corrected chi connectivity index (χ3v) is 4.90. The lowest BCUT2D eigenvalue weighted by atomic mass is 10.1. The van der Waals surface area contributed by atoms with Crippen molar-refractivity contribution in [3.05, 3.63) is 52.8 Å². The molecule has 1 amide bonds. The minimum atomic E-state index is -0.0842. The summed E-state index contributed by atoms with van der Waals surface area (Å²) >= 11 is 0. The van der Waals surface area contributed by atoms with E-state index in [4.69, 9.17) is 0 Å². The lowest BCUT2D eigenvalue weighted by molar-refractivity contribution is 0.0943. The Hall–Kier alpha value is -1.89. The molecule has 26 heavy (non-hydrogen) atoms. The highest BCUT2D eigenvalue weighted by Crippen LogP contribution is 2.15. The number of fused-ring (bicyclic) bond motifs is 1. The summed E-state index contributed by atoms with van der Waals surface area (Å²) in [4.78, 5) is 14.7. The van der Waals surface area contributed by atoms with Crippen molar-refractivity contribution in [1.82, 2.24) is 25.7 Å². The van der Waals surface area contributed by atoms with Gasteiger partial charge in [0.05, 0.1) is 0 Å². The molecule has 1 aromatic heterocycles. The highest BCUT2D eigenvalue weighted by atomic mass is 35.5. The monoisotopic (exact) mass is 377 g/mol. The number of hydrogen-bond acceptors (Lipinski definition) is 4. The number of aromatic nitrogens is 2. The zero-order valence-electron chi connectivity index (χ0n) is 15.4. The molecule has 142 valence electrons. The molecule has 1 aromatic carbocycles. The van der Waals surface area contributed by atoms with E-state index in [0.717, 1.165) is 37.2 Å². The Bertz CT molecular complexity index is 703. The number of carbonyl (C=O) groups is 1. The molecule has 2 heterocycles. The molecule has 0 aliphatic carbocycles. The summed E-state index contributed by atoms with van der Waals surface area (Å²) in [6.45, 7) is 5.39. The fraction of sp³-hybridized carbons (Fsp3) is 0.474. The van der Waals surface area contributed by atoms with E-state index >= 15 is 0 Å². The van der Waals surface area contributed by atoms with Crippen LogP contribution in [0.5, 0.6) is 0 Å². The van der Waals surface area contributed by atoms with Gasteiger partial charge in [0.25, 0.3) is 5.91 Å². The average molecular weight is 378 g/mol. The van der Waals surface area contributed by atoms with Crippen molar-refractivity contribution in [2.45, 2.75) is 38.9 Å². The first-order valence-corrected chi connectivity index (χ1v) is 8.94. The summed E-state index contributed by atoms with van der Waals surface area (Å²) in [6, 6.07) is 10.8. The normalized spacial score (nSPS) is 14.4. The molecule has 0 saturated heterocycles. The van der Waals surface area contributed by atoms with Gasteiger partial charge in [0, 0.05) is 49.9 Å². The van der Waals surface area contributed by atoms with E-state index in [9.17, 15) is 4.79 Å². The maximum atomic E-state index is 12.4. The summed E-state index contributed by atoms with van der Waals surface area (Å²) in [7, 11) is 2.12. The third kappa shape index (κ3) is 5.06. The minimum Gasteiger partial charge on any atom is -0.351 e. The van der Waals surface area contributed by atoms with Crippen LogP contribution in [0.1, 0.15) is 40.7 Å². The predicted octanol–water partition coefficient (Wildman–Crippen LogP) is 2.12. The van der Waals surface area contributed by atoms with E-state index in [2.05, 4.69) is 64.0 Å². The van der Waals surface area contributed by atoms with Gasteiger partial charge in [0.2, 0.25) is 0 Å². The molecular formula is C19H28ClN5O. The quantitative estimate of drug-likeness (QED) is 0.691. The molecule has 3 rings (SSSR count). The first-order chi connectivity index (χ1) is 12.1. The van der Waals surface area contributed by atoms with E-state index in [0.29, 0.717) is 24.8 Å². The third-order valence-electron chi connectivity index (χ3n) is 4.90. The van der Waals surface area contributed by atoms with Crippen LogP contribution in [-0.4, -0.2) is 47.2 Å². The first-order valence-electron chi connectivity index (χ1n) is 8.94. The van der Waals surface area contributed by atoms with Gasteiger partial charge in [0.15, 0.2) is 5.69 Å². The van der Waals surface area contributed by atoms with Crippen molar-refractivity contribution in [1.29, 1.82) is 0 Å². The molecule has 1 atom stereocenters. The van der Waals surface area contributed by atoms with Gasteiger partial charge < -0.3 is 10.6 Å². The number of halogens is 1. The molecule has 0 bridgehead atoms. The number of H-pyrrole nitrogens is 1. The molecular weight excluding hydrogens is 350 g/mol. The molecule has 0 fully saturated rings. The minimum absolute atomic E-state index is 0. The fourth-order valence-electron chi connectivity index (χ4n) is 3.14. The second kappa shape index (κ2) is 9.71. The van der Waals surface area contributed by atoms with Crippen LogP contribution < -0.4 is 10.6 Å². The van der Waals surface area contributed by atoms with Gasteiger partial charge in [-0.3, -0.25) is 14.8 Å². The molecule has 1 aliphatic heterocycles. The van der Waals surface area contributed by atoms with Crippen molar-refractivity contribution in [3.63, 3.8) is 0 Å². The van der Waals surface area contributed by atoms with Crippen molar-refractivity contribution < 1.29 is 4.79 Å². The molecule has 0 radical (unpaired) electrons. The van der Waals surface area contributed by atoms with E-state index < -0.39 is 0 Å². The number of hydrogen-bond donors (Lipinski definition) is 3. The molecule has 2 aromatic rings. The zero-order chi connectivity index (χ0) is 17.6. The van der Waals surface area contributed by atoms with Crippen LogP contribution in [0.3, 0.4) is 0 Å². The number of carbonyl (C=O) groups excluding carboxylic acids is 1. The summed E-state index contributed by atoms with van der Waals surface area (Å²) in [6.07, 6.45) is 1.80. The average Bonchev–Trinajstić information content (AvgIpc) is 3.06. The van der Waals surface area contributed by atoms with E-state index in [1.807, 2.05) is 6.07 Å². The summed E-state index contributed by atoms with van der Waals surface area (Å²) in [5.74, 6) is -0.0842. The van der Waals surface area contributed by atoms with Gasteiger partial charge in [-0.2, -0.15) is 5.10 Å². The van der Waals surface area contributed by atoms with Crippen molar-refractivity contribution in [2.75, 3.05) is 20.1 Å². The number of rotatable bonds is 7. The summed E-state index contributed by atoms with van der Waals surface area (Å²) in [5.41, 5.74) is 3.93. The number of aromatic amines is 1. The van der Waals surface area contributed by atoms with Gasteiger partial charge in [-0.1, -0.05) is 30.3 Å². The SMILES string of the molecule is CC(CCNC(=O)c1n[nH]c2c1CNCC2)N(C)Cc1ccccc1.Cl. The van der Waals surface area contributed by atoms with Crippen LogP contribution in [0.4, 0.5) is 0 Å². The molecule has 1 aliphatic rings. The van der Waals surface area contributed by atoms with Gasteiger partial charge in [-0.25, -0.2) is 0 Å². The second-order valence-electron chi connectivity index (χ2n) is 6.75. The van der Waals surface area contributed by atoms with Gasteiger partial charge in [-0.15, -0.1) is 12.4 Å². The Balaban J connectivity index is 0.00000243. The van der Waals surface area contributed by atoms with E-state index in [1.54, 1.807) is 0 Å². The van der Waals surface area contributed by atoms with Crippen molar-refractivity contribution in [2.24, 2.45) is 0 Å². The van der Waals surface area contributed by atoms with Crippen molar-refractivity contribution in [3.8, 4) is 0 Å². The highest BCUT2D eigenvalue weighted by molar-refractivity contribution is 5.94. The summed E-state index contributed by atoms with van der Waals surface area (Å²) in [5, 5.41) is 13.5. The van der Waals surface area contributed by atoms with Crippen LogP contribution in [0.25, 0.3) is 0 Å². The summed E-state index contributed by atoms with van der Waals surface area (Å²) < 4.78 is 0. The van der Waals surface area contributed by atoms with Crippen molar-refractivity contribution >= 4 is 18.3 Å². The lowest BCUT2D eigenvalue weighted by Gasteiger charge is -2.24. The number of amides is 1. The maximum absolute atomic E-state index is 12.4. The molecule has 3 N–H and O–H groups in total. The van der Waals surface area contributed by atoms with Gasteiger partial charge in [-0.05, 0) is 26.0 Å². The molecule has 1 unspecified atom stereocenters. The highest BCUT2D eigenvalue weighted by Gasteiger charge is 2.21. The standard InChI is InChI=1S/C19H27N5O.ClH/c1-14(24(2)13-15-6-4-3-5-7-15)8-11-21-19(25)18-16-12-20-10-9-17(16)22-23-18;/h3-7,14,20H,8-13H2,1-2H3,(H,21,25)(H,22,23);1H. The van der Waals surface area contributed by atoms with Gasteiger partial charge in [0.1, 0.15) is 0 Å². The first kappa shape index (κ1) is 20.4. The van der Waals surface area contributed by atoms with Crippen LogP contribution in [0.2, 0.25) is 0 Å². The molecule has 0 saturated carbocycles.